The molecule has 0 saturated heterocycles. The second-order valence-electron chi connectivity index (χ2n) is 4.63. The molecule has 0 unspecified atom stereocenters. The summed E-state index contributed by atoms with van der Waals surface area (Å²) in [6.45, 7) is 0. The normalized spacial score (nSPS) is 14.4. The zero-order valence-electron chi connectivity index (χ0n) is 12.5. The van der Waals surface area contributed by atoms with Crippen molar-refractivity contribution in [2.45, 2.75) is 31.0 Å². The van der Waals surface area contributed by atoms with E-state index in [1.165, 1.54) is 11.8 Å². The zero-order valence-corrected chi connectivity index (χ0v) is 14.2. The van der Waals surface area contributed by atoms with Gasteiger partial charge in [0.2, 0.25) is 11.8 Å². The fourth-order valence-electron chi connectivity index (χ4n) is 1.52. The summed E-state index contributed by atoms with van der Waals surface area (Å²) >= 11 is 5.37. The van der Waals surface area contributed by atoms with Crippen molar-refractivity contribution in [3.05, 3.63) is 0 Å². The highest BCUT2D eigenvalue weighted by Crippen LogP contribution is 2.02. The van der Waals surface area contributed by atoms with Crippen molar-refractivity contribution >= 4 is 48.1 Å². The molecule has 0 saturated carbocycles. The second-order valence-corrected chi connectivity index (χ2v) is 5.98. The van der Waals surface area contributed by atoms with E-state index in [9.17, 15) is 19.2 Å². The molecule has 11 heteroatoms. The maximum absolute atomic E-state index is 12.0. The van der Waals surface area contributed by atoms with E-state index in [0.29, 0.717) is 5.75 Å². The lowest BCUT2D eigenvalue weighted by Crippen LogP contribution is -2.55. The Labute approximate surface area is 143 Å². The maximum Gasteiger partial charge on any atom is 0.326 e. The number of thiol groups is 1. The number of hydrogen-bond donors (Lipinski definition) is 6. The summed E-state index contributed by atoms with van der Waals surface area (Å²) < 4.78 is 0. The standard InChI is InChI=1S/C12H21N3O6S2/c1-23-3-2-7(12(20)21)14-11(19)8(5-22)15-10(18)6(13)4-9(16)17/h6-8,22H,2-5,13H2,1H3,(H,14,19)(H,15,18)(H,16,17)(H,20,21)/t6-,7-,8-/m0/s1. The van der Waals surface area contributed by atoms with E-state index in [-0.39, 0.29) is 12.2 Å². The van der Waals surface area contributed by atoms with Crippen LogP contribution in [-0.4, -0.2) is 69.9 Å². The maximum atomic E-state index is 12.0. The van der Waals surface area contributed by atoms with E-state index in [1.807, 2.05) is 0 Å². The Morgan fingerprint density at radius 1 is 1.13 bits per heavy atom. The highest BCUT2D eigenvalue weighted by Gasteiger charge is 2.27. The number of carboxylic acids is 2. The fraction of sp³-hybridized carbons (Fsp3) is 0.667. The van der Waals surface area contributed by atoms with Crippen LogP contribution in [0.1, 0.15) is 12.8 Å². The highest BCUT2D eigenvalue weighted by molar-refractivity contribution is 7.98. The molecule has 2 amide bonds. The van der Waals surface area contributed by atoms with Gasteiger partial charge in [-0.2, -0.15) is 24.4 Å². The molecule has 0 aromatic heterocycles. The van der Waals surface area contributed by atoms with Gasteiger partial charge in [0.25, 0.3) is 0 Å². The van der Waals surface area contributed by atoms with Gasteiger partial charge in [-0.15, -0.1) is 0 Å². The lowest BCUT2D eigenvalue weighted by molar-refractivity contribution is -0.142. The number of nitrogens with one attached hydrogen (secondary N) is 2. The largest absolute Gasteiger partial charge is 0.481 e. The molecule has 0 rings (SSSR count). The number of carbonyl (C=O) groups excluding carboxylic acids is 2. The molecule has 0 aromatic rings. The van der Waals surface area contributed by atoms with E-state index >= 15 is 0 Å². The minimum absolute atomic E-state index is 0.0910. The lowest BCUT2D eigenvalue weighted by Gasteiger charge is -2.21. The predicted molar refractivity (Wildman–Crippen MR) is 88.6 cm³/mol. The third kappa shape index (κ3) is 8.67. The monoisotopic (exact) mass is 367 g/mol. The summed E-state index contributed by atoms with van der Waals surface area (Å²) in [5.41, 5.74) is 5.39. The molecule has 0 aliphatic carbocycles. The SMILES string of the molecule is CSCC[C@H](NC(=O)[C@H](CS)NC(=O)[C@@H](N)CC(=O)O)C(=O)O. The van der Waals surface area contributed by atoms with Crippen LogP contribution in [0.15, 0.2) is 0 Å². The predicted octanol–water partition coefficient (Wildman–Crippen LogP) is -1.47. The van der Waals surface area contributed by atoms with E-state index in [2.05, 4.69) is 23.3 Å². The fourth-order valence-corrected chi connectivity index (χ4v) is 2.25. The van der Waals surface area contributed by atoms with Crippen molar-refractivity contribution in [3.63, 3.8) is 0 Å². The first-order valence-electron chi connectivity index (χ1n) is 6.63. The average Bonchev–Trinajstić information content (AvgIpc) is 2.47. The van der Waals surface area contributed by atoms with Gasteiger partial charge in [-0.3, -0.25) is 14.4 Å². The van der Waals surface area contributed by atoms with Gasteiger partial charge in [0.1, 0.15) is 12.1 Å². The van der Waals surface area contributed by atoms with Crippen molar-refractivity contribution in [3.8, 4) is 0 Å². The first-order valence-corrected chi connectivity index (χ1v) is 8.66. The number of carboxylic acid groups (broad SMARTS) is 2. The summed E-state index contributed by atoms with van der Waals surface area (Å²) in [7, 11) is 0. The van der Waals surface area contributed by atoms with E-state index in [4.69, 9.17) is 15.9 Å². The molecule has 0 spiro atoms. The summed E-state index contributed by atoms with van der Waals surface area (Å²) in [6, 6.07) is -3.50. The molecular formula is C12H21N3O6S2. The van der Waals surface area contributed by atoms with E-state index in [0.717, 1.165) is 0 Å². The highest BCUT2D eigenvalue weighted by atomic mass is 32.2. The third-order valence-electron chi connectivity index (χ3n) is 2.77. The van der Waals surface area contributed by atoms with Gasteiger partial charge in [0.05, 0.1) is 12.5 Å². The minimum Gasteiger partial charge on any atom is -0.481 e. The average molecular weight is 367 g/mol. The molecule has 9 nitrogen and oxygen atoms in total. The number of carbonyl (C=O) groups is 4. The molecule has 0 bridgehead atoms. The van der Waals surface area contributed by atoms with Crippen LogP contribution in [0.5, 0.6) is 0 Å². The number of thioether (sulfide) groups is 1. The molecule has 132 valence electrons. The lowest BCUT2D eigenvalue weighted by atomic mass is 10.1. The van der Waals surface area contributed by atoms with Crippen molar-refractivity contribution in [1.29, 1.82) is 0 Å². The molecule has 0 aliphatic heterocycles. The molecule has 0 aromatic carbocycles. The number of hydrogen-bond acceptors (Lipinski definition) is 7. The number of aliphatic carboxylic acids is 2. The molecule has 23 heavy (non-hydrogen) atoms. The number of rotatable bonds is 11. The summed E-state index contributed by atoms with van der Waals surface area (Å²) in [5.74, 6) is -3.52. The first-order chi connectivity index (χ1) is 10.7. The Morgan fingerprint density at radius 2 is 1.70 bits per heavy atom. The van der Waals surface area contributed by atoms with Gasteiger partial charge < -0.3 is 26.6 Å². The van der Waals surface area contributed by atoms with E-state index in [1.54, 1.807) is 6.26 Å². The van der Waals surface area contributed by atoms with Gasteiger partial charge in [-0.05, 0) is 18.4 Å². The number of nitrogens with two attached hydrogens (primary N) is 1. The van der Waals surface area contributed by atoms with Crippen molar-refractivity contribution in [1.82, 2.24) is 10.6 Å². The minimum atomic E-state index is -1.31. The van der Waals surface area contributed by atoms with Crippen LogP contribution in [0.2, 0.25) is 0 Å². The van der Waals surface area contributed by atoms with E-state index < -0.39 is 48.3 Å². The Kier molecular flexibility index (Phi) is 10.4. The van der Waals surface area contributed by atoms with Crippen LogP contribution in [0, 0.1) is 0 Å². The van der Waals surface area contributed by atoms with Crippen LogP contribution < -0.4 is 16.4 Å². The molecule has 0 aliphatic rings. The molecule has 0 heterocycles. The molecule has 0 radical (unpaired) electrons. The molecular weight excluding hydrogens is 346 g/mol. The van der Waals surface area contributed by atoms with Gasteiger partial charge in [-0.1, -0.05) is 0 Å². The summed E-state index contributed by atoms with van der Waals surface area (Å²) in [4.78, 5) is 45.3. The van der Waals surface area contributed by atoms with Gasteiger partial charge >= 0.3 is 11.9 Å². The summed E-state index contributed by atoms with van der Waals surface area (Å²) in [5, 5.41) is 22.2. The van der Waals surface area contributed by atoms with Crippen molar-refractivity contribution in [2.24, 2.45) is 5.73 Å². The van der Waals surface area contributed by atoms with Crippen molar-refractivity contribution < 1.29 is 29.4 Å². The molecule has 3 atom stereocenters. The number of amides is 2. The Balaban J connectivity index is 4.69. The Hall–Kier alpha value is -1.46. The van der Waals surface area contributed by atoms with Gasteiger partial charge in [0.15, 0.2) is 0 Å². The molecule has 0 fully saturated rings. The van der Waals surface area contributed by atoms with Crippen LogP contribution in [0.25, 0.3) is 0 Å². The quantitative estimate of drug-likeness (QED) is 0.241. The smallest absolute Gasteiger partial charge is 0.326 e. The van der Waals surface area contributed by atoms with Crippen LogP contribution in [-0.2, 0) is 19.2 Å². The Bertz CT molecular complexity index is 449. The zero-order chi connectivity index (χ0) is 18.0. The summed E-state index contributed by atoms with van der Waals surface area (Å²) in [6.07, 6.45) is 1.45. The molecule has 6 N–H and O–H groups in total. The van der Waals surface area contributed by atoms with Crippen molar-refractivity contribution in [2.75, 3.05) is 17.8 Å². The van der Waals surface area contributed by atoms with Gasteiger partial charge in [-0.25, -0.2) is 4.79 Å². The van der Waals surface area contributed by atoms with Crippen LogP contribution >= 0.6 is 24.4 Å². The first kappa shape index (κ1) is 21.5. The van der Waals surface area contributed by atoms with Gasteiger partial charge in [0, 0.05) is 5.75 Å². The van der Waals surface area contributed by atoms with Crippen LogP contribution in [0.4, 0.5) is 0 Å². The Morgan fingerprint density at radius 3 is 2.13 bits per heavy atom. The third-order valence-corrected chi connectivity index (χ3v) is 3.78. The second kappa shape index (κ2) is 11.1. The topological polar surface area (TPSA) is 159 Å². The van der Waals surface area contributed by atoms with Crippen LogP contribution in [0.3, 0.4) is 0 Å².